The van der Waals surface area contributed by atoms with Gasteiger partial charge in [-0.2, -0.15) is 0 Å². The second kappa shape index (κ2) is 8.92. The highest BCUT2D eigenvalue weighted by Gasteiger charge is 2.33. The summed E-state index contributed by atoms with van der Waals surface area (Å²) in [5.41, 5.74) is 2.68. The summed E-state index contributed by atoms with van der Waals surface area (Å²) >= 11 is 6.81. The zero-order valence-corrected chi connectivity index (χ0v) is 19.2. The van der Waals surface area contributed by atoms with E-state index in [9.17, 15) is 9.59 Å². The standard InChI is InChI=1S/C25H23N3O2S2/c29-23(26-13-7-2-8-14-26)17-27-16-18(20-11-5-6-12-21(20)27)15-22-24(30)28(25(31)32-22)19-9-3-1-4-10-19/h1,3-6,9-12,15-16H,2,7-8,13-14,17H2/b22-15-. The molecule has 2 aromatic carbocycles. The molecule has 0 N–H and O–H groups in total. The third-order valence-electron chi connectivity index (χ3n) is 5.93. The molecule has 162 valence electrons. The molecule has 1 aromatic heterocycles. The van der Waals surface area contributed by atoms with Crippen LogP contribution in [0.3, 0.4) is 0 Å². The fraction of sp³-hybridized carbons (Fsp3) is 0.240. The van der Waals surface area contributed by atoms with E-state index in [2.05, 4.69) is 0 Å². The van der Waals surface area contributed by atoms with Gasteiger partial charge in [-0.05, 0) is 43.5 Å². The number of thioether (sulfide) groups is 1. The average Bonchev–Trinajstić information content (AvgIpc) is 3.31. The van der Waals surface area contributed by atoms with Crippen LogP contribution >= 0.6 is 24.0 Å². The van der Waals surface area contributed by atoms with E-state index in [4.69, 9.17) is 12.2 Å². The van der Waals surface area contributed by atoms with Crippen LogP contribution in [0.4, 0.5) is 5.69 Å². The number of thiocarbonyl (C=S) groups is 1. The normalized spacial score (nSPS) is 18.2. The van der Waals surface area contributed by atoms with Crippen molar-refractivity contribution in [2.45, 2.75) is 25.8 Å². The van der Waals surface area contributed by atoms with Gasteiger partial charge in [0.1, 0.15) is 6.54 Å². The molecule has 5 rings (SSSR count). The summed E-state index contributed by atoms with van der Waals surface area (Å²) in [6, 6.07) is 17.5. The predicted molar refractivity (Wildman–Crippen MR) is 134 cm³/mol. The Kier molecular flexibility index (Phi) is 5.85. The highest BCUT2D eigenvalue weighted by Crippen LogP contribution is 2.37. The molecule has 3 heterocycles. The van der Waals surface area contributed by atoms with Gasteiger partial charge in [-0.3, -0.25) is 14.5 Å². The van der Waals surface area contributed by atoms with Crippen LogP contribution in [0.1, 0.15) is 24.8 Å². The first-order valence-electron chi connectivity index (χ1n) is 10.8. The van der Waals surface area contributed by atoms with Crippen molar-refractivity contribution in [1.29, 1.82) is 0 Å². The van der Waals surface area contributed by atoms with E-state index in [1.54, 1.807) is 4.90 Å². The molecular formula is C25H23N3O2S2. The molecule has 32 heavy (non-hydrogen) atoms. The number of carbonyl (C=O) groups excluding carboxylic acids is 2. The quantitative estimate of drug-likeness (QED) is 0.402. The van der Waals surface area contributed by atoms with Crippen molar-refractivity contribution in [2.24, 2.45) is 0 Å². The topological polar surface area (TPSA) is 45.6 Å². The van der Waals surface area contributed by atoms with Gasteiger partial charge < -0.3 is 9.47 Å². The lowest BCUT2D eigenvalue weighted by atomic mass is 10.1. The van der Waals surface area contributed by atoms with Crippen molar-refractivity contribution in [3.8, 4) is 0 Å². The largest absolute Gasteiger partial charge is 0.341 e. The summed E-state index contributed by atoms with van der Waals surface area (Å²) < 4.78 is 2.52. The lowest BCUT2D eigenvalue weighted by molar-refractivity contribution is -0.132. The van der Waals surface area contributed by atoms with Crippen LogP contribution in [0.2, 0.25) is 0 Å². The summed E-state index contributed by atoms with van der Waals surface area (Å²) in [6.45, 7) is 1.99. The van der Waals surface area contributed by atoms with Crippen molar-refractivity contribution >= 4 is 62.8 Å². The Labute approximate surface area is 196 Å². The summed E-state index contributed by atoms with van der Waals surface area (Å²) in [7, 11) is 0. The molecule has 0 radical (unpaired) electrons. The van der Waals surface area contributed by atoms with Crippen molar-refractivity contribution in [2.75, 3.05) is 18.0 Å². The minimum absolute atomic E-state index is 0.118. The van der Waals surface area contributed by atoms with E-state index in [1.807, 2.05) is 76.3 Å². The van der Waals surface area contributed by atoms with Gasteiger partial charge in [0, 0.05) is 35.8 Å². The zero-order valence-electron chi connectivity index (χ0n) is 17.6. The van der Waals surface area contributed by atoms with Crippen LogP contribution < -0.4 is 4.90 Å². The Hall–Kier alpha value is -2.90. The lowest BCUT2D eigenvalue weighted by Gasteiger charge is -2.27. The lowest BCUT2D eigenvalue weighted by Crippen LogP contribution is -2.37. The molecule has 7 heteroatoms. The van der Waals surface area contributed by atoms with E-state index in [-0.39, 0.29) is 11.8 Å². The van der Waals surface area contributed by atoms with E-state index < -0.39 is 0 Å². The third-order valence-corrected chi connectivity index (χ3v) is 7.23. The Bertz CT molecular complexity index is 1230. The fourth-order valence-corrected chi connectivity index (χ4v) is 5.61. The van der Waals surface area contributed by atoms with Gasteiger partial charge >= 0.3 is 0 Å². The number of hydrogen-bond acceptors (Lipinski definition) is 4. The number of carbonyl (C=O) groups is 2. The van der Waals surface area contributed by atoms with E-state index >= 15 is 0 Å². The number of piperidine rings is 1. The maximum absolute atomic E-state index is 13.1. The maximum atomic E-state index is 13.1. The Morgan fingerprint density at radius 1 is 1.00 bits per heavy atom. The number of nitrogens with zero attached hydrogens (tertiary/aromatic N) is 3. The summed E-state index contributed by atoms with van der Waals surface area (Å²) in [5.74, 6) is 0.0276. The molecule has 5 nitrogen and oxygen atoms in total. The van der Waals surface area contributed by atoms with Crippen LogP contribution in [-0.4, -0.2) is 38.7 Å². The van der Waals surface area contributed by atoms with Gasteiger partial charge in [0.15, 0.2) is 4.32 Å². The minimum Gasteiger partial charge on any atom is -0.341 e. The van der Waals surface area contributed by atoms with Crippen LogP contribution in [0.15, 0.2) is 65.7 Å². The highest BCUT2D eigenvalue weighted by atomic mass is 32.2. The molecule has 2 saturated heterocycles. The number of fused-ring (bicyclic) bond motifs is 1. The van der Waals surface area contributed by atoms with E-state index in [1.165, 1.54) is 18.2 Å². The van der Waals surface area contributed by atoms with Gasteiger partial charge in [0.05, 0.1) is 10.6 Å². The van der Waals surface area contributed by atoms with E-state index in [0.717, 1.165) is 48.1 Å². The highest BCUT2D eigenvalue weighted by molar-refractivity contribution is 8.27. The molecule has 2 aliphatic rings. The molecule has 0 spiro atoms. The maximum Gasteiger partial charge on any atom is 0.270 e. The second-order valence-corrected chi connectivity index (χ2v) is 9.70. The molecule has 3 aromatic rings. The van der Waals surface area contributed by atoms with Crippen LogP contribution in [0.25, 0.3) is 17.0 Å². The smallest absolute Gasteiger partial charge is 0.270 e. The molecule has 2 aliphatic heterocycles. The molecule has 0 atom stereocenters. The monoisotopic (exact) mass is 461 g/mol. The molecular weight excluding hydrogens is 438 g/mol. The minimum atomic E-state index is -0.118. The van der Waals surface area contributed by atoms with Gasteiger partial charge in [0.25, 0.3) is 5.91 Å². The number of likely N-dealkylation sites (tertiary alicyclic amines) is 1. The van der Waals surface area contributed by atoms with Crippen molar-refractivity contribution in [3.05, 3.63) is 71.3 Å². The number of benzene rings is 2. The van der Waals surface area contributed by atoms with Gasteiger partial charge in [-0.1, -0.05) is 60.4 Å². The number of hydrogen-bond donors (Lipinski definition) is 0. The van der Waals surface area contributed by atoms with Crippen LogP contribution in [-0.2, 0) is 16.1 Å². The second-order valence-electron chi connectivity index (χ2n) is 8.02. The van der Waals surface area contributed by atoms with Crippen LogP contribution in [0.5, 0.6) is 0 Å². The summed E-state index contributed by atoms with van der Waals surface area (Å²) in [4.78, 5) is 30.1. The number of rotatable bonds is 4. The Morgan fingerprint density at radius 3 is 2.50 bits per heavy atom. The molecule has 0 saturated carbocycles. The van der Waals surface area contributed by atoms with Gasteiger partial charge in [0.2, 0.25) is 5.91 Å². The number of amides is 2. The Morgan fingerprint density at radius 2 is 1.72 bits per heavy atom. The molecule has 2 fully saturated rings. The summed E-state index contributed by atoms with van der Waals surface area (Å²) in [5, 5.41) is 1.02. The molecule has 0 unspecified atom stereocenters. The molecule has 2 amide bonds. The summed E-state index contributed by atoms with van der Waals surface area (Å²) in [6.07, 6.45) is 7.22. The van der Waals surface area contributed by atoms with Crippen molar-refractivity contribution < 1.29 is 9.59 Å². The first-order chi connectivity index (χ1) is 15.6. The van der Waals surface area contributed by atoms with E-state index in [0.29, 0.717) is 15.8 Å². The first kappa shape index (κ1) is 21.0. The Balaban J connectivity index is 1.46. The number of aromatic nitrogens is 1. The SMILES string of the molecule is O=C(Cn1cc(/C=C2\SC(=S)N(c3ccccc3)C2=O)c2ccccc21)N1CCCCC1. The fourth-order valence-electron chi connectivity index (χ4n) is 4.32. The van der Waals surface area contributed by atoms with Gasteiger partial charge in [-0.15, -0.1) is 0 Å². The predicted octanol–water partition coefficient (Wildman–Crippen LogP) is 5.06. The molecule has 0 bridgehead atoms. The molecule has 0 aliphatic carbocycles. The first-order valence-corrected chi connectivity index (χ1v) is 12.0. The van der Waals surface area contributed by atoms with Gasteiger partial charge in [-0.25, -0.2) is 0 Å². The van der Waals surface area contributed by atoms with Crippen molar-refractivity contribution in [3.63, 3.8) is 0 Å². The number of para-hydroxylation sites is 2. The average molecular weight is 462 g/mol. The zero-order chi connectivity index (χ0) is 22.1. The van der Waals surface area contributed by atoms with Crippen molar-refractivity contribution in [1.82, 2.24) is 9.47 Å². The van der Waals surface area contributed by atoms with Crippen LogP contribution in [0, 0.1) is 0 Å². The third kappa shape index (κ3) is 3.98. The number of anilines is 1.